The Balaban J connectivity index is 2.55. The molecule has 5 nitrogen and oxygen atoms in total. The van der Waals surface area contributed by atoms with E-state index in [1.54, 1.807) is 12.1 Å². The Kier molecular flexibility index (Phi) is 2.77. The summed E-state index contributed by atoms with van der Waals surface area (Å²) >= 11 is 0. The molecular weight excluding hydrogens is 222 g/mol. The van der Waals surface area contributed by atoms with Gasteiger partial charge in [-0.1, -0.05) is 0 Å². The van der Waals surface area contributed by atoms with Gasteiger partial charge in [0.25, 0.3) is 0 Å². The number of isocyanates is 1. The van der Waals surface area contributed by atoms with Crippen molar-refractivity contribution in [3.05, 3.63) is 17.7 Å². The fraction of sp³-hybridized carbons (Fsp3) is 0.417. The molecule has 1 aromatic rings. The van der Waals surface area contributed by atoms with Crippen LogP contribution in [0, 0.1) is 0 Å². The van der Waals surface area contributed by atoms with Crippen molar-refractivity contribution in [2.45, 2.75) is 18.4 Å². The summed E-state index contributed by atoms with van der Waals surface area (Å²) in [5.41, 5.74) is 0.201. The summed E-state index contributed by atoms with van der Waals surface area (Å²) in [6, 6.07) is 3.12. The molecule has 17 heavy (non-hydrogen) atoms. The molecule has 0 aromatic heterocycles. The first kappa shape index (κ1) is 11.5. The van der Waals surface area contributed by atoms with Crippen molar-refractivity contribution in [2.24, 2.45) is 4.99 Å². The number of phenolic OH excluding ortho intramolecular Hbond substituents is 1. The number of hydrogen-bond acceptors (Lipinski definition) is 5. The number of nitrogens with zero attached hydrogens (tertiary/aromatic N) is 1. The van der Waals surface area contributed by atoms with Crippen molar-refractivity contribution in [3.8, 4) is 17.2 Å². The zero-order valence-corrected chi connectivity index (χ0v) is 9.69. The van der Waals surface area contributed by atoms with Gasteiger partial charge in [-0.3, -0.25) is 0 Å². The summed E-state index contributed by atoms with van der Waals surface area (Å²) in [5.74, 6) is 0.840. The quantitative estimate of drug-likeness (QED) is 0.637. The summed E-state index contributed by atoms with van der Waals surface area (Å²) in [4.78, 5) is 14.3. The van der Waals surface area contributed by atoms with Gasteiger partial charge in [0, 0.05) is 11.6 Å². The van der Waals surface area contributed by atoms with Gasteiger partial charge in [0.2, 0.25) is 6.08 Å². The molecule has 0 aliphatic heterocycles. The third-order valence-electron chi connectivity index (χ3n) is 2.99. The van der Waals surface area contributed by atoms with Crippen LogP contribution in [0.4, 0.5) is 0 Å². The van der Waals surface area contributed by atoms with E-state index in [1.807, 2.05) is 0 Å². The van der Waals surface area contributed by atoms with Crippen molar-refractivity contribution in [1.29, 1.82) is 0 Å². The van der Waals surface area contributed by atoms with Crippen LogP contribution in [-0.4, -0.2) is 25.4 Å². The van der Waals surface area contributed by atoms with E-state index in [4.69, 9.17) is 9.47 Å². The molecule has 1 fully saturated rings. The van der Waals surface area contributed by atoms with Crippen LogP contribution < -0.4 is 9.47 Å². The molecule has 1 aliphatic rings. The highest BCUT2D eigenvalue weighted by Crippen LogP contribution is 2.54. The van der Waals surface area contributed by atoms with Gasteiger partial charge in [0.15, 0.2) is 11.5 Å². The first-order chi connectivity index (χ1) is 8.16. The van der Waals surface area contributed by atoms with E-state index in [1.165, 1.54) is 20.3 Å². The van der Waals surface area contributed by atoms with Gasteiger partial charge in [-0.15, -0.1) is 0 Å². The number of ether oxygens (including phenoxy) is 2. The van der Waals surface area contributed by atoms with E-state index >= 15 is 0 Å². The van der Waals surface area contributed by atoms with Crippen molar-refractivity contribution >= 4 is 6.08 Å². The molecule has 90 valence electrons. The summed E-state index contributed by atoms with van der Waals surface area (Å²) in [6.07, 6.45) is 3.13. The number of aliphatic imine (C=N–C) groups is 1. The van der Waals surface area contributed by atoms with Gasteiger partial charge in [-0.25, -0.2) is 4.79 Å². The lowest BCUT2D eigenvalue weighted by Crippen LogP contribution is -2.05. The lowest BCUT2D eigenvalue weighted by Gasteiger charge is -2.15. The molecule has 0 heterocycles. The molecule has 0 bridgehead atoms. The van der Waals surface area contributed by atoms with Crippen molar-refractivity contribution < 1.29 is 19.4 Å². The summed E-state index contributed by atoms with van der Waals surface area (Å²) in [5, 5.41) is 9.65. The minimum Gasteiger partial charge on any atom is -0.504 e. The Morgan fingerprint density at radius 2 is 1.94 bits per heavy atom. The van der Waals surface area contributed by atoms with Crippen LogP contribution in [0.1, 0.15) is 18.4 Å². The van der Waals surface area contributed by atoms with Crippen LogP contribution in [0.5, 0.6) is 17.2 Å². The fourth-order valence-corrected chi connectivity index (χ4v) is 1.89. The molecule has 5 heteroatoms. The third kappa shape index (κ3) is 1.85. The van der Waals surface area contributed by atoms with Crippen LogP contribution in [0.2, 0.25) is 0 Å². The maximum atomic E-state index is 10.4. The van der Waals surface area contributed by atoms with Crippen molar-refractivity contribution in [1.82, 2.24) is 0 Å². The number of rotatable bonds is 4. The number of benzene rings is 1. The second-order valence-electron chi connectivity index (χ2n) is 3.96. The zero-order chi connectivity index (χ0) is 12.5. The van der Waals surface area contributed by atoms with E-state index in [9.17, 15) is 9.90 Å². The van der Waals surface area contributed by atoms with Crippen LogP contribution in [0.25, 0.3) is 0 Å². The number of aromatic hydroxyl groups is 1. The van der Waals surface area contributed by atoms with Crippen LogP contribution in [0.15, 0.2) is 17.1 Å². The molecule has 0 spiro atoms. The van der Waals surface area contributed by atoms with Crippen LogP contribution in [-0.2, 0) is 10.3 Å². The molecule has 2 rings (SSSR count). The number of hydrogen-bond donors (Lipinski definition) is 1. The van der Waals surface area contributed by atoms with Crippen molar-refractivity contribution in [2.75, 3.05) is 14.2 Å². The Labute approximate surface area is 98.7 Å². The predicted octanol–water partition coefficient (Wildman–Crippen LogP) is 1.73. The van der Waals surface area contributed by atoms with Gasteiger partial charge >= 0.3 is 0 Å². The zero-order valence-electron chi connectivity index (χ0n) is 9.69. The molecule has 0 saturated heterocycles. The van der Waals surface area contributed by atoms with Crippen molar-refractivity contribution in [3.63, 3.8) is 0 Å². The Bertz CT molecular complexity index is 488. The highest BCUT2D eigenvalue weighted by molar-refractivity contribution is 5.55. The molecule has 1 aliphatic carbocycles. The summed E-state index contributed by atoms with van der Waals surface area (Å²) in [7, 11) is 2.97. The molecule has 0 radical (unpaired) electrons. The van der Waals surface area contributed by atoms with Crippen LogP contribution >= 0.6 is 0 Å². The minimum atomic E-state index is -0.548. The van der Waals surface area contributed by atoms with Gasteiger partial charge in [-0.2, -0.15) is 4.99 Å². The maximum Gasteiger partial charge on any atom is 0.235 e. The molecule has 1 aromatic carbocycles. The highest BCUT2D eigenvalue weighted by atomic mass is 16.5. The topological polar surface area (TPSA) is 68.1 Å². The van der Waals surface area contributed by atoms with Gasteiger partial charge in [0.05, 0.1) is 14.2 Å². The standard InChI is InChI=1S/C12H13NO4/c1-16-10-6-9(15)11(17-2)5-8(10)12(3-4-12)13-7-14/h5-6,15H,3-4H2,1-2H3. The molecule has 0 unspecified atom stereocenters. The first-order valence-electron chi connectivity index (χ1n) is 5.21. The molecule has 0 amide bonds. The number of carbonyl (C=O) groups excluding carboxylic acids is 1. The van der Waals surface area contributed by atoms with E-state index < -0.39 is 5.54 Å². The fourth-order valence-electron chi connectivity index (χ4n) is 1.89. The molecule has 1 N–H and O–H groups in total. The SMILES string of the molecule is COc1cc(C2(N=C=O)CC2)c(OC)cc1O. The average molecular weight is 235 g/mol. The van der Waals surface area contributed by atoms with Crippen LogP contribution in [0.3, 0.4) is 0 Å². The molecule has 1 saturated carbocycles. The van der Waals surface area contributed by atoms with Gasteiger partial charge in [-0.05, 0) is 18.9 Å². The monoisotopic (exact) mass is 235 g/mol. The summed E-state index contributed by atoms with van der Waals surface area (Å²) < 4.78 is 10.2. The van der Waals surface area contributed by atoms with E-state index in [0.29, 0.717) is 11.5 Å². The lowest BCUT2D eigenvalue weighted by atomic mass is 10.0. The second-order valence-corrected chi connectivity index (χ2v) is 3.96. The maximum absolute atomic E-state index is 10.4. The highest BCUT2D eigenvalue weighted by Gasteiger charge is 2.47. The van der Waals surface area contributed by atoms with E-state index in [-0.39, 0.29) is 5.75 Å². The third-order valence-corrected chi connectivity index (χ3v) is 2.99. The molecular formula is C12H13NO4. The lowest BCUT2D eigenvalue weighted by molar-refractivity contribution is 0.361. The predicted molar refractivity (Wildman–Crippen MR) is 60.2 cm³/mol. The Morgan fingerprint density at radius 1 is 1.29 bits per heavy atom. The number of methoxy groups -OCH3 is 2. The molecule has 0 atom stereocenters. The van der Waals surface area contributed by atoms with Gasteiger partial charge in [0.1, 0.15) is 11.3 Å². The number of phenols is 1. The van der Waals surface area contributed by atoms with E-state index in [0.717, 1.165) is 18.4 Å². The normalized spacial score (nSPS) is 15.9. The Hall–Kier alpha value is -2.00. The van der Waals surface area contributed by atoms with Gasteiger partial charge < -0.3 is 14.6 Å². The first-order valence-corrected chi connectivity index (χ1v) is 5.21. The second kappa shape index (κ2) is 4.11. The summed E-state index contributed by atoms with van der Waals surface area (Å²) in [6.45, 7) is 0. The average Bonchev–Trinajstić information content (AvgIpc) is 3.10. The van der Waals surface area contributed by atoms with E-state index in [2.05, 4.69) is 4.99 Å². The largest absolute Gasteiger partial charge is 0.504 e. The smallest absolute Gasteiger partial charge is 0.235 e. The minimum absolute atomic E-state index is 0.000942. The Morgan fingerprint density at radius 3 is 2.41 bits per heavy atom.